The van der Waals surface area contributed by atoms with Crippen LogP contribution in [0.2, 0.25) is 0 Å². The van der Waals surface area contributed by atoms with Gasteiger partial charge in [-0.1, -0.05) is 6.07 Å². The van der Waals surface area contributed by atoms with Gasteiger partial charge in [-0.2, -0.15) is 0 Å². The van der Waals surface area contributed by atoms with Crippen LogP contribution in [-0.2, 0) is 6.54 Å². The van der Waals surface area contributed by atoms with Crippen molar-refractivity contribution in [3.05, 3.63) is 52.0 Å². The Morgan fingerprint density at radius 1 is 1.61 bits per heavy atom. The van der Waals surface area contributed by atoms with Gasteiger partial charge in [-0.05, 0) is 24.6 Å². The number of thiophene rings is 1. The number of carboxylic acids is 1. The van der Waals surface area contributed by atoms with Crippen LogP contribution < -0.4 is 5.32 Å². The Labute approximate surface area is 109 Å². The topological polar surface area (TPSA) is 62.2 Å². The van der Waals surface area contributed by atoms with Gasteiger partial charge in [0.25, 0.3) is 0 Å². The maximum atomic E-state index is 10.8. The molecule has 2 heterocycles. The van der Waals surface area contributed by atoms with E-state index in [4.69, 9.17) is 5.11 Å². The van der Waals surface area contributed by atoms with Gasteiger partial charge in [0.2, 0.25) is 0 Å². The minimum absolute atomic E-state index is 0.189. The molecule has 18 heavy (non-hydrogen) atoms. The first kappa shape index (κ1) is 12.7. The third-order valence-corrected chi connectivity index (χ3v) is 3.60. The molecule has 2 aromatic heterocycles. The van der Waals surface area contributed by atoms with Crippen molar-refractivity contribution in [2.45, 2.75) is 19.5 Å². The first-order valence-corrected chi connectivity index (χ1v) is 6.49. The number of rotatable bonds is 5. The van der Waals surface area contributed by atoms with Crippen LogP contribution in [-0.4, -0.2) is 16.1 Å². The molecule has 0 aliphatic carbocycles. The Bertz CT molecular complexity index is 525. The number of nitrogens with one attached hydrogen (secondary N) is 1. The third-order valence-electron chi connectivity index (χ3n) is 2.67. The summed E-state index contributed by atoms with van der Waals surface area (Å²) >= 11 is 1.46. The van der Waals surface area contributed by atoms with E-state index in [9.17, 15) is 4.79 Å². The van der Waals surface area contributed by atoms with Gasteiger partial charge < -0.3 is 10.4 Å². The van der Waals surface area contributed by atoms with Gasteiger partial charge >= 0.3 is 5.97 Å². The van der Waals surface area contributed by atoms with Gasteiger partial charge in [0, 0.05) is 35.2 Å². The smallest absolute Gasteiger partial charge is 0.336 e. The Morgan fingerprint density at radius 2 is 2.44 bits per heavy atom. The van der Waals surface area contributed by atoms with Crippen LogP contribution in [0, 0.1) is 0 Å². The van der Waals surface area contributed by atoms with Crippen molar-refractivity contribution in [1.82, 2.24) is 10.3 Å². The van der Waals surface area contributed by atoms with Crippen molar-refractivity contribution < 1.29 is 9.90 Å². The van der Waals surface area contributed by atoms with Gasteiger partial charge in [0.05, 0.1) is 5.56 Å². The van der Waals surface area contributed by atoms with E-state index in [2.05, 4.69) is 17.2 Å². The van der Waals surface area contributed by atoms with E-state index in [1.54, 1.807) is 17.6 Å². The monoisotopic (exact) mass is 262 g/mol. The summed E-state index contributed by atoms with van der Waals surface area (Å²) in [7, 11) is 0. The zero-order valence-electron chi connectivity index (χ0n) is 9.96. The second kappa shape index (κ2) is 5.75. The van der Waals surface area contributed by atoms with Crippen LogP contribution in [0.4, 0.5) is 0 Å². The minimum atomic E-state index is -0.877. The quantitative estimate of drug-likeness (QED) is 0.869. The summed E-state index contributed by atoms with van der Waals surface area (Å²) in [6.45, 7) is 2.72. The van der Waals surface area contributed by atoms with Gasteiger partial charge in [-0.15, -0.1) is 11.3 Å². The molecule has 0 radical (unpaired) electrons. The molecule has 0 aliphatic heterocycles. The van der Waals surface area contributed by atoms with E-state index in [-0.39, 0.29) is 6.04 Å². The first-order valence-electron chi connectivity index (χ1n) is 5.61. The van der Waals surface area contributed by atoms with Crippen molar-refractivity contribution in [2.75, 3.05) is 0 Å². The standard InChI is InChI=1S/C13H14N2O2S/c1-9(10-3-2-4-14-6-10)15-7-12-5-11(8-18-12)13(16)17/h2-6,8-9,15H,7H2,1H3,(H,16,17)/t9-/m1/s1. The fraction of sp³-hybridized carbons (Fsp3) is 0.231. The highest BCUT2D eigenvalue weighted by atomic mass is 32.1. The molecule has 4 nitrogen and oxygen atoms in total. The van der Waals surface area contributed by atoms with E-state index < -0.39 is 5.97 Å². The molecule has 1 atom stereocenters. The molecule has 94 valence electrons. The number of carbonyl (C=O) groups is 1. The van der Waals surface area contributed by atoms with E-state index in [0.717, 1.165) is 10.4 Å². The summed E-state index contributed by atoms with van der Waals surface area (Å²) in [6, 6.07) is 5.81. The molecule has 0 saturated heterocycles. The van der Waals surface area contributed by atoms with Crippen LogP contribution in [0.1, 0.15) is 33.8 Å². The second-order valence-corrected chi connectivity index (χ2v) is 4.99. The van der Waals surface area contributed by atoms with E-state index >= 15 is 0 Å². The highest BCUT2D eigenvalue weighted by molar-refractivity contribution is 7.10. The molecule has 0 bridgehead atoms. The van der Waals surface area contributed by atoms with Crippen LogP contribution in [0.15, 0.2) is 36.0 Å². The average Bonchev–Trinajstić information content (AvgIpc) is 2.86. The lowest BCUT2D eigenvalue weighted by molar-refractivity contribution is 0.0697. The lowest BCUT2D eigenvalue weighted by atomic mass is 10.1. The summed E-state index contributed by atoms with van der Waals surface area (Å²) in [6.07, 6.45) is 3.57. The second-order valence-electron chi connectivity index (χ2n) is 4.00. The maximum absolute atomic E-state index is 10.8. The maximum Gasteiger partial charge on any atom is 0.336 e. The van der Waals surface area contributed by atoms with Gasteiger partial charge in [0.15, 0.2) is 0 Å². The van der Waals surface area contributed by atoms with E-state index in [0.29, 0.717) is 12.1 Å². The predicted octanol–water partition coefficient (Wildman–Crippen LogP) is 2.69. The first-order chi connectivity index (χ1) is 8.66. The highest BCUT2D eigenvalue weighted by Crippen LogP contribution is 2.16. The number of aromatic nitrogens is 1. The Balaban J connectivity index is 1.93. The zero-order valence-corrected chi connectivity index (χ0v) is 10.8. The molecule has 5 heteroatoms. The molecule has 0 spiro atoms. The number of aromatic carboxylic acids is 1. The molecular formula is C13H14N2O2S. The molecule has 0 aliphatic rings. The zero-order chi connectivity index (χ0) is 13.0. The largest absolute Gasteiger partial charge is 0.478 e. The van der Waals surface area contributed by atoms with Crippen LogP contribution in [0.25, 0.3) is 0 Å². The lowest BCUT2D eigenvalue weighted by Crippen LogP contribution is -2.17. The lowest BCUT2D eigenvalue weighted by Gasteiger charge is -2.12. The number of carboxylic acid groups (broad SMARTS) is 1. The van der Waals surface area contributed by atoms with Crippen molar-refractivity contribution >= 4 is 17.3 Å². The van der Waals surface area contributed by atoms with E-state index in [1.165, 1.54) is 11.3 Å². The van der Waals surface area contributed by atoms with Crippen molar-refractivity contribution in [3.8, 4) is 0 Å². The average molecular weight is 262 g/mol. The summed E-state index contributed by atoms with van der Waals surface area (Å²) < 4.78 is 0. The van der Waals surface area contributed by atoms with Gasteiger partial charge in [-0.25, -0.2) is 4.79 Å². The summed E-state index contributed by atoms with van der Waals surface area (Å²) in [5.74, 6) is -0.877. The SMILES string of the molecule is C[C@@H](NCc1cc(C(=O)O)cs1)c1cccnc1. The van der Waals surface area contributed by atoms with Gasteiger partial charge in [-0.3, -0.25) is 4.98 Å². The summed E-state index contributed by atoms with van der Waals surface area (Å²) in [5, 5.41) is 13.8. The Morgan fingerprint density at radius 3 is 3.06 bits per heavy atom. The highest BCUT2D eigenvalue weighted by Gasteiger charge is 2.08. The molecule has 0 fully saturated rings. The Kier molecular flexibility index (Phi) is 4.07. The number of hydrogen-bond donors (Lipinski definition) is 2. The van der Waals surface area contributed by atoms with Crippen LogP contribution in [0.3, 0.4) is 0 Å². The normalized spacial score (nSPS) is 12.3. The molecule has 0 amide bonds. The molecule has 0 saturated carbocycles. The fourth-order valence-electron chi connectivity index (χ4n) is 1.59. The molecule has 2 rings (SSSR count). The van der Waals surface area contributed by atoms with Crippen LogP contribution in [0.5, 0.6) is 0 Å². The summed E-state index contributed by atoms with van der Waals surface area (Å²) in [4.78, 5) is 15.8. The van der Waals surface area contributed by atoms with Crippen molar-refractivity contribution in [1.29, 1.82) is 0 Å². The molecule has 2 N–H and O–H groups in total. The fourth-order valence-corrected chi connectivity index (χ4v) is 2.40. The molecular weight excluding hydrogens is 248 g/mol. The minimum Gasteiger partial charge on any atom is -0.478 e. The van der Waals surface area contributed by atoms with Gasteiger partial charge in [0.1, 0.15) is 0 Å². The molecule has 0 aromatic carbocycles. The predicted molar refractivity (Wildman–Crippen MR) is 70.8 cm³/mol. The summed E-state index contributed by atoms with van der Waals surface area (Å²) in [5.41, 5.74) is 1.47. The molecule has 0 unspecified atom stereocenters. The van der Waals surface area contributed by atoms with Crippen molar-refractivity contribution in [3.63, 3.8) is 0 Å². The number of nitrogens with zero attached hydrogens (tertiary/aromatic N) is 1. The van der Waals surface area contributed by atoms with Crippen LogP contribution >= 0.6 is 11.3 Å². The third kappa shape index (κ3) is 3.15. The molecule has 2 aromatic rings. The number of hydrogen-bond acceptors (Lipinski definition) is 4. The van der Waals surface area contributed by atoms with Crippen molar-refractivity contribution in [2.24, 2.45) is 0 Å². The van der Waals surface area contributed by atoms with E-state index in [1.807, 2.05) is 18.3 Å². The Hall–Kier alpha value is -1.72. The number of pyridine rings is 1.